The summed E-state index contributed by atoms with van der Waals surface area (Å²) >= 11 is 0. The van der Waals surface area contributed by atoms with Crippen LogP contribution in [0, 0.1) is 17.2 Å². The second-order valence-corrected chi connectivity index (χ2v) is 5.86. The third-order valence-electron chi connectivity index (χ3n) is 4.36. The van der Waals surface area contributed by atoms with Gasteiger partial charge in [-0.05, 0) is 50.0 Å². The molecule has 0 saturated carbocycles. The Balaban J connectivity index is 3.44. The number of nitrogens with zero attached hydrogens (tertiary/aromatic N) is 1. The van der Waals surface area contributed by atoms with E-state index in [1.165, 1.54) is 0 Å². The lowest BCUT2D eigenvalue weighted by Crippen LogP contribution is -2.32. The molecule has 5 nitrogen and oxygen atoms in total. The van der Waals surface area contributed by atoms with E-state index in [9.17, 15) is 5.26 Å². The van der Waals surface area contributed by atoms with Crippen LogP contribution in [0.2, 0.25) is 0 Å². The van der Waals surface area contributed by atoms with E-state index < -0.39 is 5.41 Å². The summed E-state index contributed by atoms with van der Waals surface area (Å²) in [5, 5.41) is 13.1. The topological polar surface area (TPSA) is 63.5 Å². The van der Waals surface area contributed by atoms with Gasteiger partial charge in [-0.2, -0.15) is 5.26 Å². The van der Waals surface area contributed by atoms with Crippen LogP contribution in [0.15, 0.2) is 12.1 Å². The van der Waals surface area contributed by atoms with Crippen LogP contribution in [0.5, 0.6) is 17.2 Å². The lowest BCUT2D eigenvalue weighted by Gasteiger charge is -2.32. The van der Waals surface area contributed by atoms with E-state index in [1.54, 1.807) is 21.3 Å². The summed E-state index contributed by atoms with van der Waals surface area (Å²) < 4.78 is 16.3. The summed E-state index contributed by atoms with van der Waals surface area (Å²) in [5.74, 6) is 1.86. The van der Waals surface area contributed by atoms with Crippen LogP contribution in [0.1, 0.15) is 32.3 Å². The number of ether oxygens (including phenoxy) is 3. The quantitative estimate of drug-likeness (QED) is 0.708. The Morgan fingerprint density at radius 3 is 2.04 bits per heavy atom. The number of nitrogens with one attached hydrogen (secondary N) is 1. The summed E-state index contributed by atoms with van der Waals surface area (Å²) in [4.78, 5) is 0. The Morgan fingerprint density at radius 1 is 1.13 bits per heavy atom. The van der Waals surface area contributed by atoms with E-state index in [4.69, 9.17) is 14.2 Å². The second-order valence-electron chi connectivity index (χ2n) is 5.86. The molecule has 0 aliphatic carbocycles. The van der Waals surface area contributed by atoms with E-state index >= 15 is 0 Å². The van der Waals surface area contributed by atoms with Crippen LogP contribution in [0.25, 0.3) is 0 Å². The molecule has 0 unspecified atom stereocenters. The molecule has 1 aromatic rings. The predicted octanol–water partition coefficient (Wildman–Crippen LogP) is 3.13. The third kappa shape index (κ3) is 3.89. The molecule has 1 N–H and O–H groups in total. The van der Waals surface area contributed by atoms with Gasteiger partial charge < -0.3 is 19.5 Å². The highest BCUT2D eigenvalue weighted by Gasteiger charge is 2.37. The van der Waals surface area contributed by atoms with E-state index in [0.717, 1.165) is 24.9 Å². The van der Waals surface area contributed by atoms with Crippen molar-refractivity contribution in [2.24, 2.45) is 5.92 Å². The molecular formula is C18H28N2O3. The average Bonchev–Trinajstić information content (AvgIpc) is 2.57. The van der Waals surface area contributed by atoms with Gasteiger partial charge in [-0.1, -0.05) is 13.8 Å². The Bertz CT molecular complexity index is 527. The molecule has 0 spiro atoms. The van der Waals surface area contributed by atoms with Crippen LogP contribution in [0.4, 0.5) is 0 Å². The van der Waals surface area contributed by atoms with Crippen LogP contribution in [0.3, 0.4) is 0 Å². The first-order valence-electron chi connectivity index (χ1n) is 7.87. The molecule has 0 bridgehead atoms. The van der Waals surface area contributed by atoms with E-state index in [0.29, 0.717) is 17.2 Å². The zero-order valence-corrected chi connectivity index (χ0v) is 15.0. The number of methoxy groups -OCH3 is 3. The molecule has 0 fully saturated rings. The van der Waals surface area contributed by atoms with Gasteiger partial charge >= 0.3 is 0 Å². The van der Waals surface area contributed by atoms with E-state index in [2.05, 4.69) is 25.2 Å². The summed E-state index contributed by atoms with van der Waals surface area (Å²) in [5.41, 5.74) is 0.310. The second kappa shape index (κ2) is 8.64. The van der Waals surface area contributed by atoms with Crippen molar-refractivity contribution in [3.8, 4) is 23.3 Å². The number of hydrogen-bond donors (Lipinski definition) is 1. The molecular weight excluding hydrogens is 292 g/mol. The molecule has 0 saturated heterocycles. The first kappa shape index (κ1) is 19.1. The van der Waals surface area contributed by atoms with Crippen molar-refractivity contribution in [2.75, 3.05) is 34.9 Å². The summed E-state index contributed by atoms with van der Waals surface area (Å²) in [7, 11) is 6.67. The largest absolute Gasteiger partial charge is 0.493 e. The maximum atomic E-state index is 9.97. The maximum absolute atomic E-state index is 9.97. The SMILES string of the molecule is CNCCC[C@@](C#N)(c1cc(OC)c(OC)c(OC)c1)C(C)C. The molecule has 0 amide bonds. The minimum atomic E-state index is -0.594. The number of nitriles is 1. The molecule has 0 heterocycles. The van der Waals surface area contributed by atoms with Gasteiger partial charge in [-0.15, -0.1) is 0 Å². The van der Waals surface area contributed by atoms with Crippen molar-refractivity contribution in [3.05, 3.63) is 17.7 Å². The van der Waals surface area contributed by atoms with Gasteiger partial charge in [0.05, 0.1) is 32.8 Å². The lowest BCUT2D eigenvalue weighted by atomic mass is 9.69. The minimum Gasteiger partial charge on any atom is -0.493 e. The molecule has 128 valence electrons. The van der Waals surface area contributed by atoms with E-state index in [-0.39, 0.29) is 5.92 Å². The van der Waals surface area contributed by atoms with Crippen LogP contribution >= 0.6 is 0 Å². The monoisotopic (exact) mass is 320 g/mol. The van der Waals surface area contributed by atoms with Gasteiger partial charge in [-0.25, -0.2) is 0 Å². The highest BCUT2D eigenvalue weighted by atomic mass is 16.5. The fourth-order valence-corrected chi connectivity index (χ4v) is 2.90. The van der Waals surface area contributed by atoms with E-state index in [1.807, 2.05) is 19.2 Å². The lowest BCUT2D eigenvalue weighted by molar-refractivity contribution is 0.316. The number of rotatable bonds is 9. The zero-order valence-electron chi connectivity index (χ0n) is 15.0. The Kier molecular flexibility index (Phi) is 7.18. The summed E-state index contributed by atoms with van der Waals surface area (Å²) in [6, 6.07) is 6.34. The first-order valence-corrected chi connectivity index (χ1v) is 7.87. The van der Waals surface area contributed by atoms with Gasteiger partial charge in [0.2, 0.25) is 5.75 Å². The van der Waals surface area contributed by atoms with Gasteiger partial charge in [0.1, 0.15) is 0 Å². The van der Waals surface area contributed by atoms with Gasteiger partial charge in [0.15, 0.2) is 11.5 Å². The van der Waals surface area contributed by atoms with Crippen molar-refractivity contribution in [3.63, 3.8) is 0 Å². The number of hydrogen-bond acceptors (Lipinski definition) is 5. The number of benzene rings is 1. The molecule has 0 aliphatic rings. The molecule has 0 radical (unpaired) electrons. The highest BCUT2D eigenvalue weighted by molar-refractivity contribution is 5.56. The fraction of sp³-hybridized carbons (Fsp3) is 0.611. The molecule has 1 aromatic carbocycles. The van der Waals surface area contributed by atoms with Crippen LogP contribution in [-0.2, 0) is 5.41 Å². The Morgan fingerprint density at radius 2 is 1.70 bits per heavy atom. The average molecular weight is 320 g/mol. The smallest absolute Gasteiger partial charge is 0.203 e. The van der Waals surface area contributed by atoms with Crippen LogP contribution < -0.4 is 19.5 Å². The van der Waals surface area contributed by atoms with Gasteiger partial charge in [-0.3, -0.25) is 0 Å². The Hall–Kier alpha value is -1.93. The Labute approximate surface area is 139 Å². The summed E-state index contributed by atoms with van der Waals surface area (Å²) in [6.45, 7) is 5.03. The summed E-state index contributed by atoms with van der Waals surface area (Å²) in [6.07, 6.45) is 1.68. The van der Waals surface area contributed by atoms with Crippen LogP contribution in [-0.4, -0.2) is 34.9 Å². The van der Waals surface area contributed by atoms with Gasteiger partial charge in [0, 0.05) is 0 Å². The maximum Gasteiger partial charge on any atom is 0.203 e. The van der Waals surface area contributed by atoms with Crippen molar-refractivity contribution in [1.29, 1.82) is 5.26 Å². The molecule has 5 heteroatoms. The molecule has 0 aromatic heterocycles. The molecule has 1 rings (SSSR count). The van der Waals surface area contributed by atoms with Crippen molar-refractivity contribution in [1.82, 2.24) is 5.32 Å². The zero-order chi connectivity index (χ0) is 17.5. The fourth-order valence-electron chi connectivity index (χ4n) is 2.90. The highest BCUT2D eigenvalue weighted by Crippen LogP contribution is 2.45. The predicted molar refractivity (Wildman–Crippen MR) is 91.4 cm³/mol. The first-order chi connectivity index (χ1) is 11.0. The molecule has 0 aliphatic heterocycles. The minimum absolute atomic E-state index is 0.159. The normalized spacial score (nSPS) is 13.3. The molecule has 23 heavy (non-hydrogen) atoms. The van der Waals surface area contributed by atoms with Gasteiger partial charge in [0.25, 0.3) is 0 Å². The standard InChI is InChI=1S/C18H28N2O3/c1-13(2)18(12-19,8-7-9-20-3)14-10-15(21-4)17(23-6)16(11-14)22-5/h10-11,13,20H,7-9H2,1-6H3/t18-/m0/s1. The van der Waals surface area contributed by atoms with Crippen molar-refractivity contribution >= 4 is 0 Å². The van der Waals surface area contributed by atoms with Crippen molar-refractivity contribution in [2.45, 2.75) is 32.1 Å². The molecule has 1 atom stereocenters. The van der Waals surface area contributed by atoms with Crippen molar-refractivity contribution < 1.29 is 14.2 Å². The third-order valence-corrected chi connectivity index (χ3v) is 4.36.